The Kier molecular flexibility index (Phi) is 5.06. The summed E-state index contributed by atoms with van der Waals surface area (Å²) in [6, 6.07) is 5.74. The quantitative estimate of drug-likeness (QED) is 0.622. The van der Waals surface area contributed by atoms with Crippen LogP contribution in [-0.4, -0.2) is 39.4 Å². The van der Waals surface area contributed by atoms with Gasteiger partial charge in [-0.25, -0.2) is 4.98 Å². The maximum absolute atomic E-state index is 13.0. The van der Waals surface area contributed by atoms with Crippen LogP contribution in [0, 0.1) is 18.3 Å². The summed E-state index contributed by atoms with van der Waals surface area (Å²) < 4.78 is 12.4. The molecule has 4 heterocycles. The van der Waals surface area contributed by atoms with Crippen molar-refractivity contribution < 1.29 is 14.3 Å². The number of ether oxygens (including phenoxy) is 2. The van der Waals surface area contributed by atoms with Gasteiger partial charge in [0.2, 0.25) is 0 Å². The van der Waals surface area contributed by atoms with Gasteiger partial charge in [-0.2, -0.15) is 10.4 Å². The Balaban J connectivity index is 1.69. The molecule has 0 aromatic carbocycles. The van der Waals surface area contributed by atoms with E-state index < -0.39 is 0 Å². The topological polar surface area (TPSA) is 106 Å². The molecule has 9 nitrogen and oxygen atoms in total. The summed E-state index contributed by atoms with van der Waals surface area (Å²) in [5.41, 5.74) is 4.24. The molecule has 1 aliphatic heterocycles. The Labute approximate surface area is 173 Å². The molecule has 0 radical (unpaired) electrons. The predicted octanol–water partition coefficient (Wildman–Crippen LogP) is 2.74. The molecule has 0 spiro atoms. The SMILES string of the molecule is CCOc1cc(-c2cc(C)c3c(n2)CN(c2cnn(CC#N)c2)C3=O)cnc1OC. The van der Waals surface area contributed by atoms with Crippen LogP contribution >= 0.6 is 0 Å². The number of carbonyl (C=O) groups excluding carboxylic acids is 1. The molecule has 3 aromatic rings. The molecule has 1 amide bonds. The molecule has 0 saturated heterocycles. The number of nitriles is 1. The fourth-order valence-corrected chi connectivity index (χ4v) is 3.49. The molecule has 0 aliphatic carbocycles. The summed E-state index contributed by atoms with van der Waals surface area (Å²) in [5, 5.41) is 13.0. The first-order chi connectivity index (χ1) is 14.5. The average Bonchev–Trinajstić information content (AvgIpc) is 3.33. The van der Waals surface area contributed by atoms with Crippen molar-refractivity contribution in [2.45, 2.75) is 26.9 Å². The van der Waals surface area contributed by atoms with Crippen molar-refractivity contribution in [1.29, 1.82) is 5.26 Å². The van der Waals surface area contributed by atoms with Crippen LogP contribution in [0.5, 0.6) is 11.6 Å². The summed E-state index contributed by atoms with van der Waals surface area (Å²) in [4.78, 5) is 23.7. The van der Waals surface area contributed by atoms with Gasteiger partial charge in [0.1, 0.15) is 6.54 Å². The molecule has 0 saturated carbocycles. The summed E-state index contributed by atoms with van der Waals surface area (Å²) >= 11 is 0. The number of methoxy groups -OCH3 is 1. The third-order valence-corrected chi connectivity index (χ3v) is 4.83. The molecule has 3 aromatic heterocycles. The van der Waals surface area contributed by atoms with Crippen LogP contribution in [0.15, 0.2) is 30.7 Å². The summed E-state index contributed by atoms with van der Waals surface area (Å²) in [6.45, 7) is 4.74. The molecule has 0 N–H and O–H groups in total. The number of fused-ring (bicyclic) bond motifs is 1. The largest absolute Gasteiger partial charge is 0.488 e. The minimum absolute atomic E-state index is 0.124. The Morgan fingerprint density at radius 1 is 1.30 bits per heavy atom. The van der Waals surface area contributed by atoms with Crippen LogP contribution in [0.2, 0.25) is 0 Å². The van der Waals surface area contributed by atoms with Crippen molar-refractivity contribution in [3.05, 3.63) is 47.5 Å². The molecule has 0 fully saturated rings. The lowest BCUT2D eigenvalue weighted by Gasteiger charge is -2.11. The maximum Gasteiger partial charge on any atom is 0.260 e. The second-order valence-corrected chi connectivity index (χ2v) is 6.76. The van der Waals surface area contributed by atoms with Gasteiger partial charge < -0.3 is 9.47 Å². The molecule has 30 heavy (non-hydrogen) atoms. The van der Waals surface area contributed by atoms with Gasteiger partial charge in [0.05, 0.1) is 55.2 Å². The number of carbonyl (C=O) groups is 1. The van der Waals surface area contributed by atoms with E-state index in [2.05, 4.69) is 10.1 Å². The zero-order chi connectivity index (χ0) is 21.3. The van der Waals surface area contributed by atoms with E-state index in [4.69, 9.17) is 19.7 Å². The van der Waals surface area contributed by atoms with E-state index in [1.54, 1.807) is 30.6 Å². The minimum atomic E-state index is -0.124. The van der Waals surface area contributed by atoms with Gasteiger partial charge in [-0.1, -0.05) is 0 Å². The Morgan fingerprint density at radius 2 is 2.13 bits per heavy atom. The third kappa shape index (κ3) is 3.33. The van der Waals surface area contributed by atoms with Crippen molar-refractivity contribution in [2.24, 2.45) is 0 Å². The fraction of sp³-hybridized carbons (Fsp3) is 0.286. The summed E-state index contributed by atoms with van der Waals surface area (Å²) in [5.74, 6) is 0.829. The standard InChI is InChI=1S/C21H20N6O3/c1-4-30-18-8-14(9-23-20(18)29-3)16-7-13(2)19-17(25-16)12-27(21(19)28)15-10-24-26(11-15)6-5-22/h7-11H,4,6,12H2,1-3H3. The van der Waals surface area contributed by atoms with Gasteiger partial charge in [-0.15, -0.1) is 0 Å². The Hall–Kier alpha value is -3.93. The van der Waals surface area contributed by atoms with Gasteiger partial charge in [-0.3, -0.25) is 19.4 Å². The van der Waals surface area contributed by atoms with Crippen LogP contribution in [-0.2, 0) is 13.1 Å². The zero-order valence-corrected chi connectivity index (χ0v) is 16.9. The van der Waals surface area contributed by atoms with E-state index in [-0.39, 0.29) is 12.5 Å². The lowest BCUT2D eigenvalue weighted by Crippen LogP contribution is -2.22. The lowest BCUT2D eigenvalue weighted by atomic mass is 10.1. The highest BCUT2D eigenvalue weighted by atomic mass is 16.5. The number of amides is 1. The highest BCUT2D eigenvalue weighted by Crippen LogP contribution is 2.34. The van der Waals surface area contributed by atoms with Gasteiger partial charge >= 0.3 is 0 Å². The predicted molar refractivity (Wildman–Crippen MR) is 108 cm³/mol. The molecule has 0 atom stereocenters. The molecule has 9 heteroatoms. The smallest absolute Gasteiger partial charge is 0.260 e. The van der Waals surface area contributed by atoms with Crippen molar-refractivity contribution in [3.63, 3.8) is 0 Å². The second kappa shape index (κ2) is 7.83. The maximum atomic E-state index is 13.0. The van der Waals surface area contributed by atoms with E-state index in [1.807, 2.05) is 32.0 Å². The molecule has 1 aliphatic rings. The lowest BCUT2D eigenvalue weighted by molar-refractivity contribution is 0.0996. The number of hydrogen-bond donors (Lipinski definition) is 0. The summed E-state index contributed by atoms with van der Waals surface area (Å²) in [6.07, 6.45) is 4.94. The number of anilines is 1. The second-order valence-electron chi connectivity index (χ2n) is 6.76. The number of rotatable bonds is 6. The fourth-order valence-electron chi connectivity index (χ4n) is 3.49. The number of pyridine rings is 2. The third-order valence-electron chi connectivity index (χ3n) is 4.83. The number of nitrogens with zero attached hydrogens (tertiary/aromatic N) is 6. The molecule has 0 bridgehead atoms. The van der Waals surface area contributed by atoms with Gasteiger partial charge in [0.25, 0.3) is 11.8 Å². The van der Waals surface area contributed by atoms with Crippen LogP contribution < -0.4 is 14.4 Å². The van der Waals surface area contributed by atoms with E-state index in [1.165, 1.54) is 4.68 Å². The monoisotopic (exact) mass is 404 g/mol. The van der Waals surface area contributed by atoms with Gasteiger partial charge in [0, 0.05) is 18.0 Å². The first kappa shape index (κ1) is 19.4. The normalized spacial score (nSPS) is 12.6. The molecule has 0 unspecified atom stereocenters. The van der Waals surface area contributed by atoms with Crippen LogP contribution in [0.3, 0.4) is 0 Å². The highest BCUT2D eigenvalue weighted by molar-refractivity contribution is 6.10. The molecular formula is C21H20N6O3. The van der Waals surface area contributed by atoms with E-state index in [0.29, 0.717) is 47.4 Å². The minimum Gasteiger partial charge on any atom is -0.488 e. The first-order valence-corrected chi connectivity index (χ1v) is 9.44. The Bertz CT molecular complexity index is 1160. The Morgan fingerprint density at radius 3 is 2.87 bits per heavy atom. The molecular weight excluding hydrogens is 384 g/mol. The summed E-state index contributed by atoms with van der Waals surface area (Å²) in [7, 11) is 1.54. The average molecular weight is 404 g/mol. The van der Waals surface area contributed by atoms with E-state index >= 15 is 0 Å². The van der Waals surface area contributed by atoms with Crippen molar-refractivity contribution in [3.8, 4) is 29.0 Å². The number of hydrogen-bond acceptors (Lipinski definition) is 7. The van der Waals surface area contributed by atoms with Crippen LogP contribution in [0.25, 0.3) is 11.3 Å². The van der Waals surface area contributed by atoms with Gasteiger partial charge in [-0.05, 0) is 31.5 Å². The highest BCUT2D eigenvalue weighted by Gasteiger charge is 2.32. The van der Waals surface area contributed by atoms with Crippen LogP contribution in [0.4, 0.5) is 5.69 Å². The first-order valence-electron chi connectivity index (χ1n) is 9.44. The van der Waals surface area contributed by atoms with Crippen molar-refractivity contribution in [1.82, 2.24) is 19.7 Å². The molecule has 152 valence electrons. The van der Waals surface area contributed by atoms with Crippen LogP contribution in [0.1, 0.15) is 28.5 Å². The number of aromatic nitrogens is 4. The number of aryl methyl sites for hydroxylation is 1. The molecule has 4 rings (SSSR count). The van der Waals surface area contributed by atoms with Crippen molar-refractivity contribution in [2.75, 3.05) is 18.6 Å². The van der Waals surface area contributed by atoms with E-state index in [9.17, 15) is 4.79 Å². The van der Waals surface area contributed by atoms with Crippen molar-refractivity contribution >= 4 is 11.6 Å². The van der Waals surface area contributed by atoms with Gasteiger partial charge in [0.15, 0.2) is 5.75 Å². The zero-order valence-electron chi connectivity index (χ0n) is 16.9. The van der Waals surface area contributed by atoms with E-state index in [0.717, 1.165) is 11.1 Å².